The second-order valence-corrected chi connectivity index (χ2v) is 2.15. The van der Waals surface area contributed by atoms with E-state index in [0.717, 1.165) is 0 Å². The summed E-state index contributed by atoms with van der Waals surface area (Å²) in [5.41, 5.74) is 0. The molecular weight excluding hydrogens is 156 g/mol. The molecule has 0 radical (unpaired) electrons. The van der Waals surface area contributed by atoms with Gasteiger partial charge in [0.25, 0.3) is 0 Å². The highest BCUT2D eigenvalue weighted by atomic mass is 16.6. The number of hydrogen-bond acceptors (Lipinski definition) is 3. The summed E-state index contributed by atoms with van der Waals surface area (Å²) in [6.45, 7) is 3.99. The van der Waals surface area contributed by atoms with E-state index in [2.05, 4.69) is 11.6 Å². The normalized spacial score (nSPS) is 14.5. The molecular formula is C8H10N2O2. The summed E-state index contributed by atoms with van der Waals surface area (Å²) in [6, 6.07) is 0. The molecule has 0 aromatic rings. The Bertz CT molecular complexity index is 233. The third-order valence-electron chi connectivity index (χ3n) is 1.25. The number of carbonyl (C=O) groups excluding carboxylic acids is 1. The van der Waals surface area contributed by atoms with Gasteiger partial charge in [-0.05, 0) is 6.08 Å². The number of ether oxygens (including phenoxy) is 1. The molecule has 0 bridgehead atoms. The van der Waals surface area contributed by atoms with Gasteiger partial charge in [0.2, 0.25) is 0 Å². The minimum atomic E-state index is -0.400. The fourth-order valence-electron chi connectivity index (χ4n) is 0.717. The van der Waals surface area contributed by atoms with Crippen LogP contribution in [0.15, 0.2) is 29.9 Å². The summed E-state index contributed by atoms with van der Waals surface area (Å²) in [7, 11) is 0. The van der Waals surface area contributed by atoms with Gasteiger partial charge in [-0.15, -0.1) is 0 Å². The minimum Gasteiger partial charge on any atom is -0.445 e. The zero-order valence-electron chi connectivity index (χ0n) is 6.64. The zero-order valence-corrected chi connectivity index (χ0v) is 6.64. The monoisotopic (exact) mass is 166 g/mol. The van der Waals surface area contributed by atoms with Crippen molar-refractivity contribution in [3.8, 4) is 0 Å². The van der Waals surface area contributed by atoms with Gasteiger partial charge in [0.15, 0.2) is 0 Å². The van der Waals surface area contributed by atoms with E-state index < -0.39 is 6.09 Å². The number of rotatable bonds is 2. The van der Waals surface area contributed by atoms with Crippen molar-refractivity contribution >= 4 is 12.3 Å². The molecule has 64 valence electrons. The van der Waals surface area contributed by atoms with Crippen molar-refractivity contribution in [1.29, 1.82) is 0 Å². The highest BCUT2D eigenvalue weighted by Crippen LogP contribution is 1.98. The number of nitrogens with zero attached hydrogens (tertiary/aromatic N) is 2. The molecule has 0 unspecified atom stereocenters. The maximum Gasteiger partial charge on any atom is 0.415 e. The molecule has 0 fully saturated rings. The first-order valence-corrected chi connectivity index (χ1v) is 3.55. The second kappa shape index (κ2) is 4.33. The molecule has 1 aliphatic heterocycles. The van der Waals surface area contributed by atoms with Crippen LogP contribution in [-0.4, -0.2) is 30.5 Å². The van der Waals surface area contributed by atoms with Crippen LogP contribution >= 0.6 is 0 Å². The maximum atomic E-state index is 11.1. The van der Waals surface area contributed by atoms with E-state index in [4.69, 9.17) is 4.74 Å². The molecule has 0 atom stereocenters. The van der Waals surface area contributed by atoms with Gasteiger partial charge in [-0.25, -0.2) is 4.79 Å². The summed E-state index contributed by atoms with van der Waals surface area (Å²) in [5, 5.41) is 0. The molecule has 0 N–H and O–H groups in total. The van der Waals surface area contributed by atoms with Crippen LogP contribution in [0.1, 0.15) is 0 Å². The van der Waals surface area contributed by atoms with Crippen molar-refractivity contribution < 1.29 is 9.53 Å². The first-order valence-electron chi connectivity index (χ1n) is 3.55. The molecule has 0 aliphatic carbocycles. The fraction of sp³-hybridized carbons (Fsp3) is 0.250. The van der Waals surface area contributed by atoms with E-state index in [0.29, 0.717) is 6.67 Å². The van der Waals surface area contributed by atoms with Crippen LogP contribution in [0.4, 0.5) is 4.79 Å². The quantitative estimate of drug-likeness (QED) is 0.578. The second-order valence-electron chi connectivity index (χ2n) is 2.15. The molecule has 4 nitrogen and oxygen atoms in total. The van der Waals surface area contributed by atoms with Crippen LogP contribution in [0.2, 0.25) is 0 Å². The van der Waals surface area contributed by atoms with Gasteiger partial charge in [-0.3, -0.25) is 9.89 Å². The van der Waals surface area contributed by atoms with E-state index in [-0.39, 0.29) is 6.61 Å². The molecule has 0 spiro atoms. The van der Waals surface area contributed by atoms with Crippen LogP contribution in [0.3, 0.4) is 0 Å². The van der Waals surface area contributed by atoms with Crippen molar-refractivity contribution in [2.45, 2.75) is 0 Å². The Morgan fingerprint density at radius 1 is 1.83 bits per heavy atom. The number of hydrogen-bond donors (Lipinski definition) is 0. The number of aliphatic imine (C=N–C) groups is 1. The molecule has 0 saturated carbocycles. The smallest absolute Gasteiger partial charge is 0.415 e. The lowest BCUT2D eigenvalue weighted by Crippen LogP contribution is -2.28. The average molecular weight is 166 g/mol. The lowest BCUT2D eigenvalue weighted by molar-refractivity contribution is 0.128. The SMILES string of the molecule is C=CCOC(=O)N1C=CC=NC1. The van der Waals surface area contributed by atoms with Crippen molar-refractivity contribution in [2.24, 2.45) is 4.99 Å². The van der Waals surface area contributed by atoms with Gasteiger partial charge >= 0.3 is 6.09 Å². The summed E-state index contributed by atoms with van der Waals surface area (Å²) < 4.78 is 4.77. The summed E-state index contributed by atoms with van der Waals surface area (Å²) in [5.74, 6) is 0. The zero-order chi connectivity index (χ0) is 8.81. The van der Waals surface area contributed by atoms with Gasteiger partial charge < -0.3 is 4.74 Å². The largest absolute Gasteiger partial charge is 0.445 e. The maximum absolute atomic E-state index is 11.1. The van der Waals surface area contributed by atoms with Crippen molar-refractivity contribution in [2.75, 3.05) is 13.3 Å². The Labute approximate surface area is 70.8 Å². The third kappa shape index (κ3) is 2.23. The number of allylic oxidation sites excluding steroid dienone is 1. The molecule has 1 aliphatic rings. The predicted molar refractivity (Wildman–Crippen MR) is 45.9 cm³/mol. The Morgan fingerprint density at radius 3 is 3.25 bits per heavy atom. The summed E-state index contributed by atoms with van der Waals surface area (Å²) >= 11 is 0. The topological polar surface area (TPSA) is 41.9 Å². The Balaban J connectivity index is 2.37. The molecule has 1 heterocycles. The molecule has 12 heavy (non-hydrogen) atoms. The molecule has 0 aromatic carbocycles. The highest BCUT2D eigenvalue weighted by molar-refractivity contribution is 5.76. The Morgan fingerprint density at radius 2 is 2.67 bits per heavy atom. The molecule has 1 amide bonds. The van der Waals surface area contributed by atoms with E-state index in [1.165, 1.54) is 11.0 Å². The highest BCUT2D eigenvalue weighted by Gasteiger charge is 2.10. The number of amides is 1. The van der Waals surface area contributed by atoms with Crippen molar-refractivity contribution in [1.82, 2.24) is 4.90 Å². The van der Waals surface area contributed by atoms with Crippen LogP contribution in [-0.2, 0) is 4.74 Å². The standard InChI is InChI=1S/C8H10N2O2/c1-2-6-12-8(11)10-5-3-4-9-7-10/h2-5H,1,6-7H2. The molecule has 4 heteroatoms. The minimum absolute atomic E-state index is 0.229. The lowest BCUT2D eigenvalue weighted by Gasteiger charge is -2.16. The van der Waals surface area contributed by atoms with Gasteiger partial charge in [0, 0.05) is 12.4 Å². The summed E-state index contributed by atoms with van der Waals surface area (Å²) in [4.78, 5) is 16.3. The molecule has 0 aromatic heterocycles. The predicted octanol–water partition coefficient (Wildman–Crippen LogP) is 1.17. The van der Waals surface area contributed by atoms with Gasteiger partial charge in [0.1, 0.15) is 13.3 Å². The Kier molecular flexibility index (Phi) is 3.07. The average Bonchev–Trinajstić information content (AvgIpc) is 2.15. The van der Waals surface area contributed by atoms with Gasteiger partial charge in [-0.2, -0.15) is 0 Å². The van der Waals surface area contributed by atoms with E-state index in [9.17, 15) is 4.79 Å². The van der Waals surface area contributed by atoms with Gasteiger partial charge in [-0.1, -0.05) is 12.7 Å². The first-order chi connectivity index (χ1) is 5.84. The third-order valence-corrected chi connectivity index (χ3v) is 1.25. The van der Waals surface area contributed by atoms with Crippen LogP contribution in [0.5, 0.6) is 0 Å². The summed E-state index contributed by atoms with van der Waals surface area (Å²) in [6.07, 6.45) is 6.06. The Hall–Kier alpha value is -1.58. The van der Waals surface area contributed by atoms with Crippen LogP contribution in [0, 0.1) is 0 Å². The molecule has 0 saturated heterocycles. The van der Waals surface area contributed by atoms with Crippen molar-refractivity contribution in [3.05, 3.63) is 24.9 Å². The lowest BCUT2D eigenvalue weighted by atomic mass is 10.5. The number of carbonyl (C=O) groups is 1. The van der Waals surface area contributed by atoms with Crippen molar-refractivity contribution in [3.63, 3.8) is 0 Å². The van der Waals surface area contributed by atoms with Crippen LogP contribution < -0.4 is 0 Å². The van der Waals surface area contributed by atoms with E-state index in [1.54, 1.807) is 18.5 Å². The van der Waals surface area contributed by atoms with E-state index in [1.807, 2.05) is 0 Å². The van der Waals surface area contributed by atoms with E-state index >= 15 is 0 Å². The van der Waals surface area contributed by atoms with Gasteiger partial charge in [0.05, 0.1) is 0 Å². The molecule has 1 rings (SSSR count). The first kappa shape index (κ1) is 8.52. The fourth-order valence-corrected chi connectivity index (χ4v) is 0.717. The van der Waals surface area contributed by atoms with Crippen LogP contribution in [0.25, 0.3) is 0 Å².